The predicted molar refractivity (Wildman–Crippen MR) is 106 cm³/mol. The SMILES string of the molecule is CCCC(O)CN(CCC(C)C)Cc1cccn1Cc1ccc(F)cc1. The quantitative estimate of drug-likeness (QED) is 0.630. The van der Waals surface area contributed by atoms with Crippen molar-refractivity contribution in [3.8, 4) is 0 Å². The maximum atomic E-state index is 13.1. The smallest absolute Gasteiger partial charge is 0.123 e. The lowest BCUT2D eigenvalue weighted by Crippen LogP contribution is -2.34. The molecule has 1 aromatic carbocycles. The van der Waals surface area contributed by atoms with Gasteiger partial charge < -0.3 is 9.67 Å². The molecule has 2 rings (SSSR count). The monoisotopic (exact) mass is 360 g/mol. The highest BCUT2D eigenvalue weighted by molar-refractivity contribution is 5.18. The first-order valence-electron chi connectivity index (χ1n) is 9.76. The van der Waals surface area contributed by atoms with E-state index in [2.05, 4.69) is 48.6 Å². The van der Waals surface area contributed by atoms with Gasteiger partial charge in [-0.15, -0.1) is 0 Å². The second kappa shape index (κ2) is 10.5. The summed E-state index contributed by atoms with van der Waals surface area (Å²) in [4.78, 5) is 2.36. The Morgan fingerprint density at radius 1 is 1.12 bits per heavy atom. The summed E-state index contributed by atoms with van der Waals surface area (Å²) >= 11 is 0. The fourth-order valence-electron chi connectivity index (χ4n) is 3.16. The van der Waals surface area contributed by atoms with Crippen molar-refractivity contribution in [1.29, 1.82) is 0 Å². The second-order valence-electron chi connectivity index (χ2n) is 7.61. The van der Waals surface area contributed by atoms with Crippen LogP contribution in [0.5, 0.6) is 0 Å². The highest BCUT2D eigenvalue weighted by Crippen LogP contribution is 2.14. The van der Waals surface area contributed by atoms with Crippen molar-refractivity contribution in [1.82, 2.24) is 9.47 Å². The first-order chi connectivity index (χ1) is 12.5. The van der Waals surface area contributed by atoms with Crippen LogP contribution in [0.25, 0.3) is 0 Å². The third-order valence-corrected chi connectivity index (χ3v) is 4.69. The molecule has 1 aromatic heterocycles. The Kier molecular flexibility index (Phi) is 8.33. The lowest BCUT2D eigenvalue weighted by molar-refractivity contribution is 0.0969. The van der Waals surface area contributed by atoms with E-state index in [4.69, 9.17) is 0 Å². The van der Waals surface area contributed by atoms with Gasteiger partial charge in [0, 0.05) is 31.5 Å². The van der Waals surface area contributed by atoms with E-state index in [1.54, 1.807) is 0 Å². The van der Waals surface area contributed by atoms with Gasteiger partial charge in [0.05, 0.1) is 6.10 Å². The van der Waals surface area contributed by atoms with Gasteiger partial charge in [0.15, 0.2) is 0 Å². The molecule has 0 spiro atoms. The van der Waals surface area contributed by atoms with Gasteiger partial charge in [-0.05, 0) is 55.1 Å². The second-order valence-corrected chi connectivity index (χ2v) is 7.61. The zero-order valence-corrected chi connectivity index (χ0v) is 16.4. The largest absolute Gasteiger partial charge is 0.392 e. The first-order valence-corrected chi connectivity index (χ1v) is 9.76. The molecule has 0 radical (unpaired) electrons. The number of hydrogen-bond acceptors (Lipinski definition) is 2. The standard InChI is InChI=1S/C22H33FN2O/c1-4-6-22(26)17-24(14-12-18(2)3)16-21-7-5-13-25(21)15-19-8-10-20(23)11-9-19/h5,7-11,13,18,22,26H,4,6,12,14-17H2,1-3H3. The van der Waals surface area contributed by atoms with Gasteiger partial charge in [-0.1, -0.05) is 39.3 Å². The zero-order chi connectivity index (χ0) is 18.9. The molecular weight excluding hydrogens is 327 g/mol. The number of aliphatic hydroxyl groups is 1. The van der Waals surface area contributed by atoms with E-state index in [-0.39, 0.29) is 11.9 Å². The molecule has 0 aliphatic carbocycles. The van der Waals surface area contributed by atoms with Crippen LogP contribution in [0, 0.1) is 11.7 Å². The van der Waals surface area contributed by atoms with Crippen LogP contribution in [0.3, 0.4) is 0 Å². The summed E-state index contributed by atoms with van der Waals surface area (Å²) in [7, 11) is 0. The lowest BCUT2D eigenvalue weighted by atomic mass is 10.1. The van der Waals surface area contributed by atoms with Crippen molar-refractivity contribution in [2.45, 2.75) is 59.2 Å². The molecule has 0 saturated heterocycles. The molecule has 1 unspecified atom stereocenters. The van der Waals surface area contributed by atoms with E-state index < -0.39 is 0 Å². The van der Waals surface area contributed by atoms with Crippen LogP contribution in [-0.2, 0) is 13.1 Å². The van der Waals surface area contributed by atoms with Crippen LogP contribution in [0.15, 0.2) is 42.6 Å². The Bertz CT molecular complexity index is 636. The normalized spacial score (nSPS) is 12.9. The maximum absolute atomic E-state index is 13.1. The number of halogens is 1. The number of benzene rings is 1. The Morgan fingerprint density at radius 3 is 2.50 bits per heavy atom. The third kappa shape index (κ3) is 6.93. The van der Waals surface area contributed by atoms with E-state index in [1.807, 2.05) is 12.1 Å². The summed E-state index contributed by atoms with van der Waals surface area (Å²) in [5.41, 5.74) is 2.31. The van der Waals surface area contributed by atoms with Crippen LogP contribution in [0.2, 0.25) is 0 Å². The molecule has 1 N–H and O–H groups in total. The van der Waals surface area contributed by atoms with Crippen molar-refractivity contribution >= 4 is 0 Å². The van der Waals surface area contributed by atoms with Crippen LogP contribution >= 0.6 is 0 Å². The molecule has 1 heterocycles. The molecule has 144 valence electrons. The number of aromatic nitrogens is 1. The molecule has 0 aliphatic rings. The minimum Gasteiger partial charge on any atom is -0.392 e. The molecule has 26 heavy (non-hydrogen) atoms. The Labute approximate surface area is 157 Å². The lowest BCUT2D eigenvalue weighted by Gasteiger charge is -2.26. The molecule has 4 heteroatoms. The summed E-state index contributed by atoms with van der Waals surface area (Å²) < 4.78 is 15.3. The number of nitrogens with zero attached hydrogens (tertiary/aromatic N) is 2. The number of hydrogen-bond donors (Lipinski definition) is 1. The molecule has 0 fully saturated rings. The third-order valence-electron chi connectivity index (χ3n) is 4.69. The van der Waals surface area contributed by atoms with E-state index in [0.29, 0.717) is 12.5 Å². The van der Waals surface area contributed by atoms with Crippen molar-refractivity contribution in [3.63, 3.8) is 0 Å². The molecule has 0 saturated carbocycles. The van der Waals surface area contributed by atoms with Gasteiger partial charge in [0.1, 0.15) is 5.82 Å². The summed E-state index contributed by atoms with van der Waals surface area (Å²) in [6.45, 7) is 9.83. The topological polar surface area (TPSA) is 28.4 Å². The maximum Gasteiger partial charge on any atom is 0.123 e. The number of aliphatic hydroxyl groups excluding tert-OH is 1. The van der Waals surface area contributed by atoms with E-state index in [1.165, 1.54) is 17.8 Å². The fourth-order valence-corrected chi connectivity index (χ4v) is 3.16. The van der Waals surface area contributed by atoms with Gasteiger partial charge in [0.2, 0.25) is 0 Å². The van der Waals surface area contributed by atoms with E-state index in [0.717, 1.165) is 44.5 Å². The van der Waals surface area contributed by atoms with Crippen LogP contribution in [0.1, 0.15) is 51.3 Å². The summed E-state index contributed by atoms with van der Waals surface area (Å²) in [6.07, 6.45) is 4.77. The molecule has 3 nitrogen and oxygen atoms in total. The highest BCUT2D eigenvalue weighted by atomic mass is 19.1. The average Bonchev–Trinajstić information content (AvgIpc) is 3.01. The molecule has 0 bridgehead atoms. The molecule has 2 aromatic rings. The van der Waals surface area contributed by atoms with Crippen molar-refractivity contribution in [2.75, 3.05) is 13.1 Å². The van der Waals surface area contributed by atoms with Gasteiger partial charge in [-0.3, -0.25) is 4.90 Å². The Hall–Kier alpha value is -1.65. The minimum atomic E-state index is -0.271. The van der Waals surface area contributed by atoms with Crippen molar-refractivity contribution < 1.29 is 9.50 Å². The van der Waals surface area contributed by atoms with Crippen LogP contribution in [-0.4, -0.2) is 33.8 Å². The van der Waals surface area contributed by atoms with Crippen molar-refractivity contribution in [3.05, 3.63) is 59.7 Å². The summed E-state index contributed by atoms with van der Waals surface area (Å²) in [5.74, 6) is 0.443. The molecular formula is C22H33FN2O. The van der Waals surface area contributed by atoms with Gasteiger partial charge in [-0.2, -0.15) is 0 Å². The fraction of sp³-hybridized carbons (Fsp3) is 0.545. The average molecular weight is 361 g/mol. The van der Waals surface area contributed by atoms with E-state index in [9.17, 15) is 9.50 Å². The van der Waals surface area contributed by atoms with Gasteiger partial charge in [0.25, 0.3) is 0 Å². The summed E-state index contributed by atoms with van der Waals surface area (Å²) in [5, 5.41) is 10.3. The van der Waals surface area contributed by atoms with Crippen LogP contribution < -0.4 is 0 Å². The molecule has 1 atom stereocenters. The van der Waals surface area contributed by atoms with Gasteiger partial charge >= 0.3 is 0 Å². The summed E-state index contributed by atoms with van der Waals surface area (Å²) in [6, 6.07) is 10.9. The highest BCUT2D eigenvalue weighted by Gasteiger charge is 2.14. The van der Waals surface area contributed by atoms with E-state index >= 15 is 0 Å². The predicted octanol–water partition coefficient (Wildman–Crippen LogP) is 4.68. The minimum absolute atomic E-state index is 0.203. The van der Waals surface area contributed by atoms with Gasteiger partial charge in [-0.25, -0.2) is 4.39 Å². The molecule has 0 amide bonds. The van der Waals surface area contributed by atoms with Crippen LogP contribution in [0.4, 0.5) is 4.39 Å². The Balaban J connectivity index is 2.04. The Morgan fingerprint density at radius 2 is 1.85 bits per heavy atom. The first kappa shape index (κ1) is 20.7. The number of rotatable bonds is 11. The zero-order valence-electron chi connectivity index (χ0n) is 16.4. The van der Waals surface area contributed by atoms with Crippen molar-refractivity contribution in [2.24, 2.45) is 5.92 Å². The molecule has 0 aliphatic heterocycles.